The van der Waals surface area contributed by atoms with Crippen molar-refractivity contribution in [2.75, 3.05) is 17.9 Å². The topological polar surface area (TPSA) is 83.6 Å². The highest BCUT2D eigenvalue weighted by molar-refractivity contribution is 7.92. The van der Waals surface area contributed by atoms with Crippen LogP contribution in [-0.2, 0) is 26.5 Å². The summed E-state index contributed by atoms with van der Waals surface area (Å²) in [6.07, 6.45) is 0.447. The van der Waals surface area contributed by atoms with Gasteiger partial charge in [0.25, 0.3) is 10.0 Å². The predicted molar refractivity (Wildman–Crippen MR) is 92.4 cm³/mol. The number of fused-ring (bicyclic) bond motifs is 1. The maximum Gasteiger partial charge on any atom is 0.264 e. The van der Waals surface area contributed by atoms with Gasteiger partial charge in [0.1, 0.15) is 0 Å². The standard InChI is InChI=1S/C15H15ClN2O4S2/c1-17-23(19,20)13-5-6-15-11(9-13)7-8-18(15)24(21,22)14-4-2-3-12(16)10-14/h2-6,9-10,17H,7-8H2,1H3. The van der Waals surface area contributed by atoms with Gasteiger partial charge in [-0.15, -0.1) is 0 Å². The van der Waals surface area contributed by atoms with E-state index < -0.39 is 20.0 Å². The molecule has 1 aliphatic heterocycles. The first-order valence-electron chi connectivity index (χ1n) is 7.10. The molecule has 2 aromatic rings. The molecule has 0 unspecified atom stereocenters. The molecule has 6 nitrogen and oxygen atoms in total. The number of hydrogen-bond acceptors (Lipinski definition) is 4. The number of sulfonamides is 2. The summed E-state index contributed by atoms with van der Waals surface area (Å²) >= 11 is 5.89. The van der Waals surface area contributed by atoms with Crippen molar-refractivity contribution < 1.29 is 16.8 Å². The molecule has 1 N–H and O–H groups in total. The molecule has 1 heterocycles. The Labute approximate surface area is 146 Å². The summed E-state index contributed by atoms with van der Waals surface area (Å²) < 4.78 is 52.9. The zero-order valence-electron chi connectivity index (χ0n) is 12.7. The summed E-state index contributed by atoms with van der Waals surface area (Å²) in [7, 11) is -5.98. The average molecular weight is 387 g/mol. The van der Waals surface area contributed by atoms with Crippen molar-refractivity contribution in [2.24, 2.45) is 0 Å². The third kappa shape index (κ3) is 2.90. The van der Waals surface area contributed by atoms with Gasteiger partial charge in [-0.1, -0.05) is 17.7 Å². The van der Waals surface area contributed by atoms with Crippen molar-refractivity contribution in [3.63, 3.8) is 0 Å². The van der Waals surface area contributed by atoms with Gasteiger partial charge in [-0.3, -0.25) is 4.31 Å². The molecule has 0 atom stereocenters. The molecule has 0 amide bonds. The van der Waals surface area contributed by atoms with E-state index in [0.717, 1.165) is 0 Å². The van der Waals surface area contributed by atoms with Crippen molar-refractivity contribution in [1.82, 2.24) is 4.72 Å². The molecular weight excluding hydrogens is 372 g/mol. The molecule has 0 spiro atoms. The minimum atomic E-state index is -3.74. The molecular formula is C15H15ClN2O4S2. The van der Waals surface area contributed by atoms with Crippen LogP contribution >= 0.6 is 11.6 Å². The lowest BCUT2D eigenvalue weighted by atomic mass is 10.2. The molecule has 0 bridgehead atoms. The molecule has 24 heavy (non-hydrogen) atoms. The lowest BCUT2D eigenvalue weighted by Crippen LogP contribution is -2.29. The van der Waals surface area contributed by atoms with Gasteiger partial charge in [-0.25, -0.2) is 21.6 Å². The number of rotatable bonds is 4. The molecule has 0 saturated heterocycles. The number of benzene rings is 2. The number of nitrogens with zero attached hydrogens (tertiary/aromatic N) is 1. The van der Waals surface area contributed by atoms with Gasteiger partial charge in [-0.05, 0) is 55.4 Å². The second-order valence-electron chi connectivity index (χ2n) is 5.28. The van der Waals surface area contributed by atoms with E-state index in [4.69, 9.17) is 11.6 Å². The van der Waals surface area contributed by atoms with E-state index in [1.54, 1.807) is 12.1 Å². The molecule has 2 aromatic carbocycles. The van der Waals surface area contributed by atoms with Crippen molar-refractivity contribution in [3.05, 3.63) is 53.1 Å². The molecule has 0 aliphatic carbocycles. The molecule has 1 aliphatic rings. The van der Waals surface area contributed by atoms with Crippen molar-refractivity contribution >= 4 is 37.3 Å². The summed E-state index contributed by atoms with van der Waals surface area (Å²) in [4.78, 5) is 0.223. The van der Waals surface area contributed by atoms with E-state index >= 15 is 0 Å². The zero-order valence-corrected chi connectivity index (χ0v) is 15.1. The molecule has 9 heteroatoms. The first kappa shape index (κ1) is 17.2. The lowest BCUT2D eigenvalue weighted by molar-refractivity contribution is 0.587. The van der Waals surface area contributed by atoms with Crippen LogP contribution in [0.25, 0.3) is 0 Å². The number of anilines is 1. The minimum absolute atomic E-state index is 0.106. The first-order chi connectivity index (χ1) is 11.3. The monoisotopic (exact) mass is 386 g/mol. The quantitative estimate of drug-likeness (QED) is 0.871. The van der Waals surface area contributed by atoms with E-state index in [1.165, 1.54) is 41.7 Å². The molecule has 0 radical (unpaired) electrons. The van der Waals surface area contributed by atoms with Gasteiger partial charge >= 0.3 is 0 Å². The van der Waals surface area contributed by atoms with E-state index in [2.05, 4.69) is 4.72 Å². The van der Waals surface area contributed by atoms with Gasteiger partial charge in [0.15, 0.2) is 0 Å². The van der Waals surface area contributed by atoms with E-state index in [-0.39, 0.29) is 16.3 Å². The lowest BCUT2D eigenvalue weighted by Gasteiger charge is -2.20. The van der Waals surface area contributed by atoms with Crippen molar-refractivity contribution in [1.29, 1.82) is 0 Å². The highest BCUT2D eigenvalue weighted by atomic mass is 35.5. The number of hydrogen-bond donors (Lipinski definition) is 1. The second kappa shape index (κ2) is 6.03. The summed E-state index contributed by atoms with van der Waals surface area (Å²) in [6.45, 7) is 0.257. The Morgan fingerprint density at radius 2 is 1.79 bits per heavy atom. The van der Waals surface area contributed by atoms with Crippen LogP contribution in [0.1, 0.15) is 5.56 Å². The van der Waals surface area contributed by atoms with Gasteiger partial charge < -0.3 is 0 Å². The Balaban J connectivity index is 2.04. The molecule has 3 rings (SSSR count). The van der Waals surface area contributed by atoms with Crippen LogP contribution in [0.2, 0.25) is 5.02 Å². The fourth-order valence-electron chi connectivity index (χ4n) is 2.64. The Hall–Kier alpha value is -1.61. The Bertz CT molecular complexity index is 1000. The fourth-order valence-corrected chi connectivity index (χ4v) is 5.22. The van der Waals surface area contributed by atoms with Crippen LogP contribution in [0, 0.1) is 0 Å². The van der Waals surface area contributed by atoms with Crippen LogP contribution in [0.5, 0.6) is 0 Å². The van der Waals surface area contributed by atoms with Gasteiger partial charge in [0.2, 0.25) is 10.0 Å². The maximum absolute atomic E-state index is 12.8. The normalized spacial score (nSPS) is 14.7. The summed E-state index contributed by atoms with van der Waals surface area (Å²) in [5.74, 6) is 0. The van der Waals surface area contributed by atoms with Crippen molar-refractivity contribution in [2.45, 2.75) is 16.2 Å². The average Bonchev–Trinajstić information content (AvgIpc) is 2.98. The Morgan fingerprint density at radius 3 is 2.46 bits per heavy atom. The molecule has 0 saturated carbocycles. The van der Waals surface area contributed by atoms with Gasteiger partial charge in [0.05, 0.1) is 15.5 Å². The van der Waals surface area contributed by atoms with Crippen LogP contribution in [0.4, 0.5) is 5.69 Å². The van der Waals surface area contributed by atoms with Crippen LogP contribution < -0.4 is 9.03 Å². The van der Waals surface area contributed by atoms with Crippen LogP contribution in [-0.4, -0.2) is 30.4 Å². The first-order valence-corrected chi connectivity index (χ1v) is 10.4. The third-order valence-electron chi connectivity index (χ3n) is 3.87. The highest BCUT2D eigenvalue weighted by Gasteiger charge is 2.31. The van der Waals surface area contributed by atoms with E-state index in [1.807, 2.05) is 0 Å². The Kier molecular flexibility index (Phi) is 4.33. The fraction of sp³-hybridized carbons (Fsp3) is 0.200. The molecule has 128 valence electrons. The molecule has 0 aromatic heterocycles. The third-order valence-corrected chi connectivity index (χ3v) is 7.32. The predicted octanol–water partition coefficient (Wildman–Crippen LogP) is 2.00. The number of nitrogens with one attached hydrogen (secondary N) is 1. The van der Waals surface area contributed by atoms with Gasteiger partial charge in [0, 0.05) is 11.6 Å². The SMILES string of the molecule is CNS(=O)(=O)c1ccc2c(c1)CCN2S(=O)(=O)c1cccc(Cl)c1. The van der Waals surface area contributed by atoms with E-state index in [0.29, 0.717) is 22.7 Å². The second-order valence-corrected chi connectivity index (χ2v) is 9.47. The summed E-state index contributed by atoms with van der Waals surface area (Å²) in [6, 6.07) is 10.5. The van der Waals surface area contributed by atoms with Crippen LogP contribution in [0.3, 0.4) is 0 Å². The largest absolute Gasteiger partial charge is 0.266 e. The summed E-state index contributed by atoms with van der Waals surface area (Å²) in [5.41, 5.74) is 1.17. The zero-order chi connectivity index (χ0) is 17.5. The highest BCUT2D eigenvalue weighted by Crippen LogP contribution is 2.34. The smallest absolute Gasteiger partial charge is 0.264 e. The maximum atomic E-state index is 12.8. The minimum Gasteiger partial charge on any atom is -0.266 e. The van der Waals surface area contributed by atoms with Gasteiger partial charge in [-0.2, -0.15) is 0 Å². The van der Waals surface area contributed by atoms with E-state index in [9.17, 15) is 16.8 Å². The van der Waals surface area contributed by atoms with Crippen LogP contribution in [0.15, 0.2) is 52.3 Å². The Morgan fingerprint density at radius 1 is 1.04 bits per heavy atom. The summed E-state index contributed by atoms with van der Waals surface area (Å²) in [5, 5.41) is 0.339. The molecule has 0 fully saturated rings. The van der Waals surface area contributed by atoms with Crippen molar-refractivity contribution in [3.8, 4) is 0 Å². The number of halogens is 1.